The highest BCUT2D eigenvalue weighted by atomic mass is 16.2. The van der Waals surface area contributed by atoms with E-state index in [0.717, 1.165) is 32.5 Å². The van der Waals surface area contributed by atoms with Gasteiger partial charge in [-0.05, 0) is 44.4 Å². The van der Waals surface area contributed by atoms with Gasteiger partial charge in [-0.2, -0.15) is 0 Å². The van der Waals surface area contributed by atoms with Crippen molar-refractivity contribution in [3.05, 3.63) is 34.9 Å². The molecule has 1 fully saturated rings. The number of piperidine rings is 1. The molecule has 1 aromatic rings. The lowest BCUT2D eigenvalue weighted by Gasteiger charge is -2.32. The first-order chi connectivity index (χ1) is 9.60. The first-order valence-electron chi connectivity index (χ1n) is 7.67. The summed E-state index contributed by atoms with van der Waals surface area (Å²) in [6, 6.07) is 6.93. The van der Waals surface area contributed by atoms with Gasteiger partial charge in [-0.1, -0.05) is 30.7 Å². The molecule has 1 aliphatic heterocycles. The van der Waals surface area contributed by atoms with Crippen molar-refractivity contribution in [2.45, 2.75) is 46.1 Å². The van der Waals surface area contributed by atoms with E-state index in [1.165, 1.54) is 16.7 Å². The number of nitrogens with one attached hydrogen (secondary N) is 1. The van der Waals surface area contributed by atoms with Crippen LogP contribution in [0.25, 0.3) is 0 Å². The fourth-order valence-electron chi connectivity index (χ4n) is 2.89. The lowest BCUT2D eigenvalue weighted by Crippen LogP contribution is -2.45. The molecule has 1 aliphatic rings. The highest BCUT2D eigenvalue weighted by molar-refractivity contribution is 5.79. The molecular formula is C17H26N2O. The van der Waals surface area contributed by atoms with E-state index in [1.54, 1.807) is 0 Å². The van der Waals surface area contributed by atoms with E-state index < -0.39 is 0 Å². The van der Waals surface area contributed by atoms with Crippen molar-refractivity contribution in [1.82, 2.24) is 10.2 Å². The number of carbonyl (C=O) groups is 1. The SMILES string of the molecule is CCNC1CCN(C(=O)Cc2cc(C)ccc2C)CC1. The first-order valence-corrected chi connectivity index (χ1v) is 7.67. The van der Waals surface area contributed by atoms with Crippen LogP contribution in [0.1, 0.15) is 36.5 Å². The first kappa shape index (κ1) is 15.0. The highest BCUT2D eigenvalue weighted by Crippen LogP contribution is 2.15. The van der Waals surface area contributed by atoms with Crippen LogP contribution in [0.3, 0.4) is 0 Å². The van der Waals surface area contributed by atoms with Gasteiger partial charge in [0, 0.05) is 19.1 Å². The maximum absolute atomic E-state index is 12.4. The Hall–Kier alpha value is -1.35. The van der Waals surface area contributed by atoms with Crippen molar-refractivity contribution in [2.24, 2.45) is 0 Å². The fraction of sp³-hybridized carbons (Fsp3) is 0.588. The molecule has 1 saturated heterocycles. The normalized spacial score (nSPS) is 16.4. The number of aryl methyl sites for hydroxylation is 2. The highest BCUT2D eigenvalue weighted by Gasteiger charge is 2.22. The second-order valence-corrected chi connectivity index (χ2v) is 5.82. The molecule has 0 radical (unpaired) electrons. The fourth-order valence-corrected chi connectivity index (χ4v) is 2.89. The minimum absolute atomic E-state index is 0.272. The molecule has 0 aliphatic carbocycles. The molecule has 0 unspecified atom stereocenters. The number of nitrogens with zero attached hydrogens (tertiary/aromatic N) is 1. The zero-order chi connectivity index (χ0) is 14.5. The lowest BCUT2D eigenvalue weighted by atomic mass is 10.0. The number of hydrogen-bond acceptors (Lipinski definition) is 2. The minimum Gasteiger partial charge on any atom is -0.342 e. The summed E-state index contributed by atoms with van der Waals surface area (Å²) < 4.78 is 0. The van der Waals surface area contributed by atoms with Gasteiger partial charge in [0.1, 0.15) is 0 Å². The topological polar surface area (TPSA) is 32.3 Å². The molecule has 0 aromatic heterocycles. The van der Waals surface area contributed by atoms with Gasteiger partial charge >= 0.3 is 0 Å². The second-order valence-electron chi connectivity index (χ2n) is 5.82. The Bertz CT molecular complexity index is 462. The Morgan fingerprint density at radius 3 is 2.65 bits per heavy atom. The van der Waals surface area contributed by atoms with E-state index in [4.69, 9.17) is 0 Å². The third-order valence-corrected chi connectivity index (χ3v) is 4.19. The van der Waals surface area contributed by atoms with Gasteiger partial charge in [0.15, 0.2) is 0 Å². The average Bonchev–Trinajstić information content (AvgIpc) is 2.44. The largest absolute Gasteiger partial charge is 0.342 e. The zero-order valence-corrected chi connectivity index (χ0v) is 12.9. The molecule has 1 aromatic carbocycles. The Morgan fingerprint density at radius 2 is 2.00 bits per heavy atom. The van der Waals surface area contributed by atoms with E-state index >= 15 is 0 Å². The van der Waals surface area contributed by atoms with E-state index in [1.807, 2.05) is 4.90 Å². The summed E-state index contributed by atoms with van der Waals surface area (Å²) in [4.78, 5) is 14.4. The second kappa shape index (κ2) is 6.89. The van der Waals surface area contributed by atoms with Crippen LogP contribution in [0.2, 0.25) is 0 Å². The van der Waals surface area contributed by atoms with Gasteiger partial charge in [0.2, 0.25) is 5.91 Å². The molecular weight excluding hydrogens is 248 g/mol. The summed E-state index contributed by atoms with van der Waals surface area (Å²) in [6.07, 6.45) is 2.69. The van der Waals surface area contributed by atoms with Crippen molar-refractivity contribution in [3.8, 4) is 0 Å². The van der Waals surface area contributed by atoms with Crippen molar-refractivity contribution in [2.75, 3.05) is 19.6 Å². The lowest BCUT2D eigenvalue weighted by molar-refractivity contribution is -0.131. The average molecular weight is 274 g/mol. The molecule has 2 rings (SSSR count). The standard InChI is InChI=1S/C17H26N2O/c1-4-18-16-7-9-19(10-8-16)17(20)12-15-11-13(2)5-6-14(15)3/h5-6,11,16,18H,4,7-10,12H2,1-3H3. The molecule has 20 heavy (non-hydrogen) atoms. The number of hydrogen-bond donors (Lipinski definition) is 1. The molecule has 1 heterocycles. The number of benzene rings is 1. The summed E-state index contributed by atoms with van der Waals surface area (Å²) in [5.41, 5.74) is 3.61. The van der Waals surface area contributed by atoms with Crippen LogP contribution in [0, 0.1) is 13.8 Å². The third-order valence-electron chi connectivity index (χ3n) is 4.19. The Labute approximate surface area is 122 Å². The van der Waals surface area contributed by atoms with Crippen molar-refractivity contribution < 1.29 is 4.79 Å². The van der Waals surface area contributed by atoms with Gasteiger partial charge in [-0.15, -0.1) is 0 Å². The summed E-state index contributed by atoms with van der Waals surface area (Å²) in [6.45, 7) is 9.09. The Kier molecular flexibility index (Phi) is 5.18. The molecule has 3 heteroatoms. The number of rotatable bonds is 4. The number of amides is 1. The third kappa shape index (κ3) is 3.83. The van der Waals surface area contributed by atoms with Crippen molar-refractivity contribution in [1.29, 1.82) is 0 Å². The van der Waals surface area contributed by atoms with Gasteiger partial charge in [0.25, 0.3) is 0 Å². The maximum atomic E-state index is 12.4. The molecule has 0 saturated carbocycles. The van der Waals surface area contributed by atoms with Gasteiger partial charge in [-0.25, -0.2) is 0 Å². The summed E-state index contributed by atoms with van der Waals surface area (Å²) in [5, 5.41) is 3.47. The van der Waals surface area contributed by atoms with Crippen LogP contribution in [-0.2, 0) is 11.2 Å². The molecule has 1 amide bonds. The molecule has 3 nitrogen and oxygen atoms in total. The number of carbonyl (C=O) groups excluding carboxylic acids is 1. The predicted octanol–water partition coefficient (Wildman–Crippen LogP) is 2.45. The van der Waals surface area contributed by atoms with Crippen molar-refractivity contribution >= 4 is 5.91 Å². The Morgan fingerprint density at radius 1 is 1.30 bits per heavy atom. The Balaban J connectivity index is 1.91. The van der Waals surface area contributed by atoms with Crippen LogP contribution in [0.15, 0.2) is 18.2 Å². The summed E-state index contributed by atoms with van der Waals surface area (Å²) >= 11 is 0. The minimum atomic E-state index is 0.272. The van der Waals surface area contributed by atoms with Crippen molar-refractivity contribution in [3.63, 3.8) is 0 Å². The number of likely N-dealkylation sites (tertiary alicyclic amines) is 1. The van der Waals surface area contributed by atoms with Crippen LogP contribution in [0.5, 0.6) is 0 Å². The van der Waals surface area contributed by atoms with Crippen LogP contribution >= 0.6 is 0 Å². The molecule has 0 atom stereocenters. The molecule has 0 spiro atoms. The monoisotopic (exact) mass is 274 g/mol. The molecule has 110 valence electrons. The molecule has 1 N–H and O–H groups in total. The maximum Gasteiger partial charge on any atom is 0.227 e. The van der Waals surface area contributed by atoms with Crippen LogP contribution in [-0.4, -0.2) is 36.5 Å². The zero-order valence-electron chi connectivity index (χ0n) is 12.9. The van der Waals surface area contributed by atoms with Gasteiger partial charge < -0.3 is 10.2 Å². The van der Waals surface area contributed by atoms with E-state index in [9.17, 15) is 4.79 Å². The van der Waals surface area contributed by atoms with Gasteiger partial charge in [0.05, 0.1) is 6.42 Å². The summed E-state index contributed by atoms with van der Waals surface area (Å²) in [7, 11) is 0. The quantitative estimate of drug-likeness (QED) is 0.914. The van der Waals surface area contributed by atoms with E-state index in [2.05, 4.69) is 44.3 Å². The predicted molar refractivity (Wildman–Crippen MR) is 82.9 cm³/mol. The summed E-state index contributed by atoms with van der Waals surface area (Å²) in [5.74, 6) is 0.272. The smallest absolute Gasteiger partial charge is 0.227 e. The van der Waals surface area contributed by atoms with E-state index in [-0.39, 0.29) is 5.91 Å². The van der Waals surface area contributed by atoms with Crippen LogP contribution < -0.4 is 5.32 Å². The van der Waals surface area contributed by atoms with E-state index in [0.29, 0.717) is 12.5 Å². The van der Waals surface area contributed by atoms with Gasteiger partial charge in [-0.3, -0.25) is 4.79 Å². The van der Waals surface area contributed by atoms with Crippen LogP contribution in [0.4, 0.5) is 0 Å². The molecule has 0 bridgehead atoms.